The van der Waals surface area contributed by atoms with E-state index in [0.717, 1.165) is 0 Å². The van der Waals surface area contributed by atoms with Crippen LogP contribution in [-0.4, -0.2) is 51.9 Å². The summed E-state index contributed by atoms with van der Waals surface area (Å²) in [5.74, 6) is -0.195. The number of H-pyrrole nitrogens is 1. The number of rotatable bonds is 2. The van der Waals surface area contributed by atoms with Crippen LogP contribution in [0.5, 0.6) is 0 Å². The molecule has 2 rings (SSSR count). The molecule has 8 heteroatoms. The lowest BCUT2D eigenvalue weighted by Gasteiger charge is -2.30. The number of anilines is 2. The van der Waals surface area contributed by atoms with Crippen molar-refractivity contribution in [2.75, 3.05) is 30.3 Å². The Kier molecular flexibility index (Phi) is 2.42. The predicted molar refractivity (Wildman–Crippen MR) is 52.4 cm³/mol. The molecule has 82 valence electrons. The van der Waals surface area contributed by atoms with Gasteiger partial charge >= 0.3 is 5.97 Å². The molecule has 0 spiro atoms. The Balaban J connectivity index is 2.07. The molecule has 1 unspecified atom stereocenters. The maximum absolute atomic E-state index is 10.8. The summed E-state index contributed by atoms with van der Waals surface area (Å²) in [6, 6.07) is -0.585. The summed E-state index contributed by atoms with van der Waals surface area (Å²) in [4.78, 5) is 16.5. The first-order valence-electron chi connectivity index (χ1n) is 4.56. The van der Waals surface area contributed by atoms with Crippen molar-refractivity contribution in [3.8, 4) is 0 Å². The number of carbonyl (C=O) groups is 1. The number of aliphatic carboxylic acids is 1. The molecule has 1 aliphatic rings. The zero-order valence-electron chi connectivity index (χ0n) is 7.97. The maximum Gasteiger partial charge on any atom is 0.322 e. The van der Waals surface area contributed by atoms with Crippen molar-refractivity contribution < 1.29 is 9.90 Å². The van der Waals surface area contributed by atoms with Crippen molar-refractivity contribution in [1.82, 2.24) is 20.5 Å². The number of nitrogen functional groups attached to an aromatic ring is 1. The van der Waals surface area contributed by atoms with Gasteiger partial charge in [-0.2, -0.15) is 4.98 Å². The van der Waals surface area contributed by atoms with Crippen molar-refractivity contribution in [2.24, 2.45) is 0 Å². The summed E-state index contributed by atoms with van der Waals surface area (Å²) in [5.41, 5.74) is 5.39. The molecule has 1 aliphatic heterocycles. The lowest BCUT2D eigenvalue weighted by Crippen LogP contribution is -2.54. The first-order chi connectivity index (χ1) is 7.16. The van der Waals surface area contributed by atoms with Crippen molar-refractivity contribution in [2.45, 2.75) is 6.04 Å². The fourth-order valence-electron chi connectivity index (χ4n) is 1.50. The topological polar surface area (TPSA) is 120 Å². The average Bonchev–Trinajstić information content (AvgIpc) is 2.65. The molecule has 1 fully saturated rings. The number of nitrogens with zero attached hydrogens (tertiary/aromatic N) is 3. The minimum atomic E-state index is -0.872. The van der Waals surface area contributed by atoms with Gasteiger partial charge in [-0.05, 0) is 0 Å². The molecular formula is C7H12N6O2. The molecule has 0 radical (unpaired) electrons. The van der Waals surface area contributed by atoms with Gasteiger partial charge in [0.15, 0.2) is 0 Å². The van der Waals surface area contributed by atoms with Crippen molar-refractivity contribution in [3.05, 3.63) is 0 Å². The highest BCUT2D eigenvalue weighted by Crippen LogP contribution is 2.10. The molecular weight excluding hydrogens is 200 g/mol. The van der Waals surface area contributed by atoms with Gasteiger partial charge in [0.1, 0.15) is 6.04 Å². The van der Waals surface area contributed by atoms with Gasteiger partial charge in [0.05, 0.1) is 0 Å². The minimum Gasteiger partial charge on any atom is -0.480 e. The van der Waals surface area contributed by atoms with Crippen LogP contribution >= 0.6 is 0 Å². The smallest absolute Gasteiger partial charge is 0.322 e. The van der Waals surface area contributed by atoms with Crippen LogP contribution in [0.1, 0.15) is 0 Å². The first kappa shape index (κ1) is 9.71. The lowest BCUT2D eigenvalue weighted by molar-refractivity contribution is -0.139. The summed E-state index contributed by atoms with van der Waals surface area (Å²) < 4.78 is 0. The SMILES string of the molecule is Nc1nc(N2CCNC(C(=O)O)C2)n[nH]1. The molecule has 1 aromatic heterocycles. The van der Waals surface area contributed by atoms with E-state index in [2.05, 4.69) is 20.5 Å². The largest absolute Gasteiger partial charge is 0.480 e. The zero-order valence-corrected chi connectivity index (χ0v) is 7.97. The Morgan fingerprint density at radius 1 is 1.67 bits per heavy atom. The Morgan fingerprint density at radius 2 is 2.47 bits per heavy atom. The third kappa shape index (κ3) is 1.99. The zero-order chi connectivity index (χ0) is 10.8. The molecule has 15 heavy (non-hydrogen) atoms. The van der Waals surface area contributed by atoms with E-state index in [1.165, 1.54) is 0 Å². The van der Waals surface area contributed by atoms with E-state index in [4.69, 9.17) is 10.8 Å². The van der Waals surface area contributed by atoms with E-state index in [1.54, 1.807) is 4.90 Å². The third-order valence-electron chi connectivity index (χ3n) is 2.25. The van der Waals surface area contributed by atoms with Crippen LogP contribution in [0.4, 0.5) is 11.9 Å². The molecule has 1 aromatic rings. The lowest BCUT2D eigenvalue weighted by atomic mass is 10.2. The number of carboxylic acid groups (broad SMARTS) is 1. The van der Waals surface area contributed by atoms with E-state index in [-0.39, 0.29) is 5.95 Å². The minimum absolute atomic E-state index is 0.232. The second-order valence-corrected chi connectivity index (χ2v) is 3.31. The molecule has 1 atom stereocenters. The Bertz CT molecular complexity index is 364. The average molecular weight is 212 g/mol. The Hall–Kier alpha value is -1.83. The highest BCUT2D eigenvalue weighted by atomic mass is 16.4. The summed E-state index contributed by atoms with van der Waals surface area (Å²) >= 11 is 0. The van der Waals surface area contributed by atoms with Gasteiger partial charge in [0, 0.05) is 19.6 Å². The number of piperazine rings is 1. The van der Waals surface area contributed by atoms with Crippen molar-refractivity contribution in [3.63, 3.8) is 0 Å². The van der Waals surface area contributed by atoms with E-state index >= 15 is 0 Å². The van der Waals surface area contributed by atoms with Crippen LogP contribution in [0.2, 0.25) is 0 Å². The number of aromatic amines is 1. The van der Waals surface area contributed by atoms with Crippen molar-refractivity contribution >= 4 is 17.9 Å². The van der Waals surface area contributed by atoms with Gasteiger partial charge in [-0.3, -0.25) is 4.79 Å². The van der Waals surface area contributed by atoms with Gasteiger partial charge < -0.3 is 21.1 Å². The second-order valence-electron chi connectivity index (χ2n) is 3.31. The maximum atomic E-state index is 10.8. The fraction of sp³-hybridized carbons (Fsp3) is 0.571. The third-order valence-corrected chi connectivity index (χ3v) is 2.25. The van der Waals surface area contributed by atoms with Crippen LogP contribution in [-0.2, 0) is 4.79 Å². The van der Waals surface area contributed by atoms with Gasteiger partial charge in [-0.15, -0.1) is 5.10 Å². The monoisotopic (exact) mass is 212 g/mol. The first-order valence-corrected chi connectivity index (χ1v) is 4.56. The van der Waals surface area contributed by atoms with E-state index < -0.39 is 12.0 Å². The Labute approximate surface area is 85.5 Å². The summed E-state index contributed by atoms with van der Waals surface area (Å²) in [6.07, 6.45) is 0. The quantitative estimate of drug-likeness (QED) is 0.458. The van der Waals surface area contributed by atoms with Gasteiger partial charge in [0.25, 0.3) is 0 Å². The summed E-state index contributed by atoms with van der Waals surface area (Å²) in [7, 11) is 0. The highest BCUT2D eigenvalue weighted by Gasteiger charge is 2.26. The van der Waals surface area contributed by atoms with Crippen molar-refractivity contribution in [1.29, 1.82) is 0 Å². The van der Waals surface area contributed by atoms with Gasteiger partial charge in [0.2, 0.25) is 11.9 Å². The summed E-state index contributed by atoms with van der Waals surface area (Å²) in [5, 5.41) is 18.1. The molecule has 0 amide bonds. The fourth-order valence-corrected chi connectivity index (χ4v) is 1.50. The molecule has 0 bridgehead atoms. The number of hydrogen-bond donors (Lipinski definition) is 4. The highest BCUT2D eigenvalue weighted by molar-refractivity contribution is 5.74. The standard InChI is InChI=1S/C7H12N6O2/c8-6-10-7(12-11-6)13-2-1-9-4(3-13)5(14)15/h4,9H,1-3H2,(H,14,15)(H3,8,10,11,12). The van der Waals surface area contributed by atoms with E-state index in [9.17, 15) is 4.79 Å². The van der Waals surface area contributed by atoms with E-state index in [1.807, 2.05) is 0 Å². The van der Waals surface area contributed by atoms with Crippen LogP contribution in [0, 0.1) is 0 Å². The second kappa shape index (κ2) is 3.73. The number of hydrogen-bond acceptors (Lipinski definition) is 6. The van der Waals surface area contributed by atoms with Crippen LogP contribution < -0.4 is 16.0 Å². The number of aromatic nitrogens is 3. The Morgan fingerprint density at radius 3 is 3.07 bits per heavy atom. The normalized spacial score (nSPS) is 21.6. The molecule has 0 aliphatic carbocycles. The molecule has 8 nitrogen and oxygen atoms in total. The number of carboxylic acids is 1. The molecule has 0 saturated carbocycles. The molecule has 0 aromatic carbocycles. The molecule has 5 N–H and O–H groups in total. The predicted octanol–water partition coefficient (Wildman–Crippen LogP) is -1.75. The summed E-state index contributed by atoms with van der Waals surface area (Å²) in [6.45, 7) is 1.60. The molecule has 2 heterocycles. The van der Waals surface area contributed by atoms with Crippen LogP contribution in [0.15, 0.2) is 0 Å². The number of nitrogens with one attached hydrogen (secondary N) is 2. The van der Waals surface area contributed by atoms with Crippen LogP contribution in [0.3, 0.4) is 0 Å². The van der Waals surface area contributed by atoms with Crippen LogP contribution in [0.25, 0.3) is 0 Å². The van der Waals surface area contributed by atoms with Gasteiger partial charge in [-0.1, -0.05) is 0 Å². The number of nitrogens with two attached hydrogens (primary N) is 1. The van der Waals surface area contributed by atoms with E-state index in [0.29, 0.717) is 25.6 Å². The van der Waals surface area contributed by atoms with Gasteiger partial charge in [-0.25, -0.2) is 5.10 Å². The molecule has 1 saturated heterocycles.